The molecule has 5 rings (SSSR count). The van der Waals surface area contributed by atoms with Gasteiger partial charge in [0, 0.05) is 17.8 Å². The van der Waals surface area contributed by atoms with Crippen molar-refractivity contribution in [2.75, 3.05) is 31.0 Å². The first-order valence-electron chi connectivity index (χ1n) is 11.5. The van der Waals surface area contributed by atoms with Crippen LogP contribution in [0.2, 0.25) is 0 Å². The van der Waals surface area contributed by atoms with Crippen LogP contribution in [0, 0.1) is 0 Å². The summed E-state index contributed by atoms with van der Waals surface area (Å²) in [4.78, 5) is 35.8. The maximum atomic E-state index is 13.5. The van der Waals surface area contributed by atoms with Crippen molar-refractivity contribution in [2.24, 2.45) is 0 Å². The summed E-state index contributed by atoms with van der Waals surface area (Å²) < 4.78 is 10.7. The molecule has 2 amide bonds. The Balaban J connectivity index is 1.42. The highest BCUT2D eigenvalue weighted by atomic mass is 16.5. The summed E-state index contributed by atoms with van der Waals surface area (Å²) in [6, 6.07) is 18.7. The van der Waals surface area contributed by atoms with Crippen LogP contribution in [0.4, 0.5) is 11.4 Å². The van der Waals surface area contributed by atoms with E-state index < -0.39 is 0 Å². The zero-order chi connectivity index (χ0) is 24.4. The van der Waals surface area contributed by atoms with E-state index in [1.165, 1.54) is 19.8 Å². The molecule has 2 heterocycles. The molecular formula is C27H26N4O4. The van der Waals surface area contributed by atoms with Gasteiger partial charge in [-0.3, -0.25) is 9.59 Å². The lowest BCUT2D eigenvalue weighted by Crippen LogP contribution is -2.31. The number of carbonyl (C=O) groups is 2. The van der Waals surface area contributed by atoms with E-state index in [-0.39, 0.29) is 11.8 Å². The van der Waals surface area contributed by atoms with Gasteiger partial charge in [-0.2, -0.15) is 4.98 Å². The minimum atomic E-state index is -0.365. The monoisotopic (exact) mass is 470 g/mol. The predicted molar refractivity (Wildman–Crippen MR) is 135 cm³/mol. The van der Waals surface area contributed by atoms with Crippen molar-refractivity contribution in [3.8, 4) is 11.8 Å². The van der Waals surface area contributed by atoms with Crippen molar-refractivity contribution in [3.05, 3.63) is 77.4 Å². The van der Waals surface area contributed by atoms with Gasteiger partial charge in [-0.15, -0.1) is 0 Å². The number of hydrogen-bond acceptors (Lipinski definition) is 5. The molecule has 8 nitrogen and oxygen atoms in total. The van der Waals surface area contributed by atoms with Crippen molar-refractivity contribution >= 4 is 34.2 Å². The van der Waals surface area contributed by atoms with Crippen LogP contribution in [0.25, 0.3) is 11.0 Å². The van der Waals surface area contributed by atoms with E-state index in [2.05, 4.69) is 21.4 Å². The molecule has 0 saturated carbocycles. The number of nitrogens with zero attached hydrogens (tertiary/aromatic N) is 2. The number of H-pyrrole nitrogens is 1. The number of imidazole rings is 1. The third-order valence-corrected chi connectivity index (χ3v) is 6.23. The van der Waals surface area contributed by atoms with Gasteiger partial charge >= 0.3 is 0 Å². The molecule has 0 atom stereocenters. The molecule has 35 heavy (non-hydrogen) atoms. The summed E-state index contributed by atoms with van der Waals surface area (Å²) in [7, 11) is 3.01. The van der Waals surface area contributed by atoms with Gasteiger partial charge in [-0.25, -0.2) is 0 Å². The van der Waals surface area contributed by atoms with Gasteiger partial charge < -0.3 is 24.7 Å². The quantitative estimate of drug-likeness (QED) is 0.436. The number of ether oxygens (including phenoxy) is 2. The standard InChI is InChI=1S/C27H26N4O4/c1-34-23-16-18(26(33)31-15-6-5-9-17-8-3-4-12-22(17)31)13-14-19(23)25(32)28-20-10-7-11-21-24(20)30-27(29-21)35-2/h3-4,7-8,10-14,16H,5-6,9,15H2,1-2H3,(H,28,32)(H,29,30). The number of methoxy groups -OCH3 is 2. The number of aryl methyl sites for hydroxylation is 1. The average Bonchev–Trinajstić information content (AvgIpc) is 3.21. The second-order valence-electron chi connectivity index (χ2n) is 8.36. The molecule has 4 aromatic rings. The Labute approximate surface area is 202 Å². The number of amides is 2. The zero-order valence-electron chi connectivity index (χ0n) is 19.6. The lowest BCUT2D eigenvalue weighted by Gasteiger charge is -2.23. The van der Waals surface area contributed by atoms with Gasteiger partial charge in [-0.05, 0) is 61.2 Å². The van der Waals surface area contributed by atoms with Gasteiger partial charge in [0.05, 0.1) is 31.0 Å². The number of aromatic amines is 1. The lowest BCUT2D eigenvalue weighted by atomic mass is 10.1. The molecule has 1 aliphatic rings. The number of rotatable bonds is 5. The second kappa shape index (κ2) is 9.50. The first kappa shape index (κ1) is 22.5. The molecule has 1 aliphatic heterocycles. The first-order valence-corrected chi connectivity index (χ1v) is 11.5. The largest absolute Gasteiger partial charge is 0.496 e. The summed E-state index contributed by atoms with van der Waals surface area (Å²) >= 11 is 0. The third-order valence-electron chi connectivity index (χ3n) is 6.23. The summed E-state index contributed by atoms with van der Waals surface area (Å²) in [6.45, 7) is 0.650. The predicted octanol–water partition coefficient (Wildman–Crippen LogP) is 4.82. The van der Waals surface area contributed by atoms with Crippen LogP contribution >= 0.6 is 0 Å². The number of anilines is 2. The maximum absolute atomic E-state index is 13.5. The molecule has 0 spiro atoms. The summed E-state index contributed by atoms with van der Waals surface area (Å²) in [6.07, 6.45) is 2.93. The van der Waals surface area contributed by atoms with Gasteiger partial charge in [-0.1, -0.05) is 24.3 Å². The van der Waals surface area contributed by atoms with E-state index in [9.17, 15) is 9.59 Å². The van der Waals surface area contributed by atoms with Crippen LogP contribution in [-0.4, -0.2) is 42.5 Å². The Morgan fingerprint density at radius 2 is 1.86 bits per heavy atom. The summed E-state index contributed by atoms with van der Waals surface area (Å²) in [5.41, 5.74) is 4.77. The molecule has 0 fully saturated rings. The fourth-order valence-corrected chi connectivity index (χ4v) is 4.47. The topological polar surface area (TPSA) is 96.5 Å². The van der Waals surface area contributed by atoms with Gasteiger partial charge in [0.2, 0.25) is 0 Å². The number of nitrogens with one attached hydrogen (secondary N) is 2. The highest BCUT2D eigenvalue weighted by Gasteiger charge is 2.24. The van der Waals surface area contributed by atoms with Crippen molar-refractivity contribution in [1.82, 2.24) is 9.97 Å². The minimum absolute atomic E-state index is 0.113. The lowest BCUT2D eigenvalue weighted by molar-refractivity contribution is 0.0982. The van der Waals surface area contributed by atoms with Crippen LogP contribution in [0.3, 0.4) is 0 Å². The molecule has 3 aromatic carbocycles. The smallest absolute Gasteiger partial charge is 0.294 e. The van der Waals surface area contributed by atoms with Crippen LogP contribution in [0.5, 0.6) is 11.8 Å². The van der Waals surface area contributed by atoms with Crippen molar-refractivity contribution < 1.29 is 19.1 Å². The Hall–Kier alpha value is -4.33. The number of fused-ring (bicyclic) bond motifs is 2. The first-order chi connectivity index (χ1) is 17.1. The van der Waals surface area contributed by atoms with E-state index >= 15 is 0 Å². The fraction of sp³-hybridized carbons (Fsp3) is 0.222. The molecule has 0 bridgehead atoms. The van der Waals surface area contributed by atoms with Crippen LogP contribution in [0.1, 0.15) is 39.1 Å². The van der Waals surface area contributed by atoms with Gasteiger partial charge in [0.15, 0.2) is 0 Å². The van der Waals surface area contributed by atoms with E-state index in [1.807, 2.05) is 35.2 Å². The average molecular weight is 471 g/mol. The summed E-state index contributed by atoms with van der Waals surface area (Å²) in [5.74, 6) is -0.156. The minimum Gasteiger partial charge on any atom is -0.496 e. The molecule has 8 heteroatoms. The van der Waals surface area contributed by atoms with Gasteiger partial charge in [0.25, 0.3) is 17.8 Å². The summed E-state index contributed by atoms with van der Waals surface area (Å²) in [5, 5.41) is 2.89. The van der Waals surface area contributed by atoms with E-state index in [4.69, 9.17) is 9.47 Å². The number of benzene rings is 3. The highest BCUT2D eigenvalue weighted by Crippen LogP contribution is 2.30. The van der Waals surface area contributed by atoms with Crippen molar-refractivity contribution in [2.45, 2.75) is 19.3 Å². The Bertz CT molecular complexity index is 1410. The van der Waals surface area contributed by atoms with Crippen LogP contribution in [0.15, 0.2) is 60.7 Å². The molecule has 178 valence electrons. The number of hydrogen-bond donors (Lipinski definition) is 2. The molecule has 0 unspecified atom stereocenters. The van der Waals surface area contributed by atoms with Crippen LogP contribution in [-0.2, 0) is 6.42 Å². The third kappa shape index (κ3) is 4.30. The Morgan fingerprint density at radius 3 is 2.69 bits per heavy atom. The van der Waals surface area contributed by atoms with E-state index in [1.54, 1.807) is 24.3 Å². The van der Waals surface area contributed by atoms with E-state index in [0.29, 0.717) is 40.6 Å². The molecule has 0 radical (unpaired) electrons. The molecular weight excluding hydrogens is 444 g/mol. The Morgan fingerprint density at radius 1 is 1.00 bits per heavy atom. The van der Waals surface area contributed by atoms with Crippen molar-refractivity contribution in [1.29, 1.82) is 0 Å². The van der Waals surface area contributed by atoms with Crippen LogP contribution < -0.4 is 19.7 Å². The number of aromatic nitrogens is 2. The normalized spacial score (nSPS) is 13.1. The molecule has 0 aliphatic carbocycles. The molecule has 0 saturated heterocycles. The fourth-order valence-electron chi connectivity index (χ4n) is 4.47. The Kier molecular flexibility index (Phi) is 6.10. The molecule has 1 aromatic heterocycles. The van der Waals surface area contributed by atoms with Gasteiger partial charge in [0.1, 0.15) is 11.3 Å². The van der Waals surface area contributed by atoms with E-state index in [0.717, 1.165) is 30.5 Å². The number of carbonyl (C=O) groups excluding carboxylic acids is 2. The highest BCUT2D eigenvalue weighted by molar-refractivity contribution is 6.11. The zero-order valence-corrected chi connectivity index (χ0v) is 19.6. The maximum Gasteiger partial charge on any atom is 0.294 e. The second-order valence-corrected chi connectivity index (χ2v) is 8.36. The molecule has 2 N–H and O–H groups in total. The number of para-hydroxylation sites is 2. The SMILES string of the molecule is COc1nc2c(NC(=O)c3ccc(C(=O)N4CCCCc5ccccc54)cc3OC)cccc2[nH]1. The van der Waals surface area contributed by atoms with Crippen molar-refractivity contribution in [3.63, 3.8) is 0 Å².